The Morgan fingerprint density at radius 3 is 2.71 bits per heavy atom. The van der Waals surface area contributed by atoms with Gasteiger partial charge in [-0.1, -0.05) is 30.2 Å². The third kappa shape index (κ3) is 4.72. The molecule has 1 fully saturated rings. The van der Waals surface area contributed by atoms with Crippen LogP contribution in [0.4, 0.5) is 5.13 Å². The molecule has 4 rings (SSSR count). The van der Waals surface area contributed by atoms with Gasteiger partial charge in [-0.3, -0.25) is 10.1 Å². The molecule has 162 valence electrons. The number of H-pyrrole nitrogens is 1. The van der Waals surface area contributed by atoms with Crippen LogP contribution in [0.2, 0.25) is 0 Å². The van der Waals surface area contributed by atoms with Crippen molar-refractivity contribution in [3.05, 3.63) is 47.2 Å². The number of tetrazole rings is 1. The molecule has 31 heavy (non-hydrogen) atoms. The number of sulfone groups is 1. The second-order valence-corrected chi connectivity index (χ2v) is 10.4. The van der Waals surface area contributed by atoms with Gasteiger partial charge in [-0.2, -0.15) is 0 Å². The third-order valence-corrected chi connectivity index (χ3v) is 7.09. The number of anilines is 1. The molecule has 2 N–H and O–H groups in total. The third-order valence-electron chi connectivity index (χ3n) is 5.27. The number of amides is 1. The molecule has 1 aromatic carbocycles. The SMILES string of the molecule is Cc1nn[nH][n+]1-c1ccc(/C(=C\C2CCCC2)C(=O)Nc2nccs2)cc1S(C)(=O)=O. The minimum absolute atomic E-state index is 0.0866. The van der Waals surface area contributed by atoms with Crippen molar-refractivity contribution in [3.8, 4) is 5.69 Å². The number of aromatic amines is 1. The molecule has 3 aromatic rings. The van der Waals surface area contributed by atoms with Crippen molar-refractivity contribution in [2.75, 3.05) is 11.6 Å². The number of aryl methyl sites for hydroxylation is 1. The summed E-state index contributed by atoms with van der Waals surface area (Å²) in [6.07, 6.45) is 9.01. The smallest absolute Gasteiger partial charge is 0.298 e. The van der Waals surface area contributed by atoms with Gasteiger partial charge in [-0.05, 0) is 36.5 Å². The average Bonchev–Trinajstić information content (AvgIpc) is 3.48. The van der Waals surface area contributed by atoms with E-state index >= 15 is 0 Å². The fraction of sp³-hybridized carbons (Fsp3) is 0.350. The predicted molar refractivity (Wildman–Crippen MR) is 116 cm³/mol. The van der Waals surface area contributed by atoms with Crippen molar-refractivity contribution in [1.29, 1.82) is 0 Å². The first-order valence-electron chi connectivity index (χ1n) is 9.90. The summed E-state index contributed by atoms with van der Waals surface area (Å²) in [6.45, 7) is 1.72. The first-order valence-corrected chi connectivity index (χ1v) is 12.7. The quantitative estimate of drug-likeness (QED) is 0.431. The Morgan fingerprint density at radius 1 is 1.32 bits per heavy atom. The van der Waals surface area contributed by atoms with Crippen LogP contribution in [0.25, 0.3) is 11.3 Å². The lowest BCUT2D eigenvalue weighted by atomic mass is 9.98. The molecule has 0 unspecified atom stereocenters. The van der Waals surface area contributed by atoms with Crippen molar-refractivity contribution in [3.63, 3.8) is 0 Å². The summed E-state index contributed by atoms with van der Waals surface area (Å²) in [5.74, 6) is 0.494. The van der Waals surface area contributed by atoms with Crippen LogP contribution in [0.3, 0.4) is 0 Å². The number of carbonyl (C=O) groups excluding carboxylic acids is 1. The second-order valence-electron chi connectivity index (χ2n) is 7.55. The number of allylic oxidation sites excluding steroid dienone is 1. The predicted octanol–water partition coefficient (Wildman–Crippen LogP) is 2.46. The van der Waals surface area contributed by atoms with Gasteiger partial charge < -0.3 is 0 Å². The minimum atomic E-state index is -3.60. The van der Waals surface area contributed by atoms with E-state index in [0.29, 0.717) is 27.8 Å². The highest BCUT2D eigenvalue weighted by Gasteiger charge is 2.25. The van der Waals surface area contributed by atoms with E-state index < -0.39 is 9.84 Å². The second kappa shape index (κ2) is 8.67. The van der Waals surface area contributed by atoms with Crippen LogP contribution in [-0.4, -0.2) is 41.1 Å². The molecule has 0 bridgehead atoms. The maximum atomic E-state index is 13.1. The average molecular weight is 460 g/mol. The molecule has 9 nitrogen and oxygen atoms in total. The van der Waals surface area contributed by atoms with E-state index in [-0.39, 0.29) is 16.7 Å². The molecule has 1 amide bonds. The van der Waals surface area contributed by atoms with Gasteiger partial charge in [0.1, 0.15) is 15.7 Å². The van der Waals surface area contributed by atoms with Gasteiger partial charge in [0.15, 0.2) is 20.2 Å². The standard InChI is InChI=1S/C20H22N6O3S2/c1-13-23-24-25-26(13)17-8-7-15(12-18(17)31(2,28)29)16(11-14-5-3-4-6-14)19(27)22-20-21-9-10-30-20/h7-12,14H,3-6H2,1-2H3,(H,21,22,27)/p+1/b16-11+. The van der Waals surface area contributed by atoms with Crippen LogP contribution in [0.5, 0.6) is 0 Å². The fourth-order valence-corrected chi connectivity index (χ4v) is 5.16. The van der Waals surface area contributed by atoms with E-state index in [9.17, 15) is 13.2 Å². The van der Waals surface area contributed by atoms with Crippen LogP contribution in [0.15, 0.2) is 40.7 Å². The molecular weight excluding hydrogens is 436 g/mol. The topological polar surface area (TPSA) is 122 Å². The number of nitrogens with zero attached hydrogens (tertiary/aromatic N) is 4. The zero-order valence-electron chi connectivity index (χ0n) is 17.2. The van der Waals surface area contributed by atoms with E-state index in [4.69, 9.17) is 0 Å². The Hall–Kier alpha value is -2.92. The van der Waals surface area contributed by atoms with Crippen molar-refractivity contribution < 1.29 is 17.9 Å². The minimum Gasteiger partial charge on any atom is -0.298 e. The summed E-state index contributed by atoms with van der Waals surface area (Å²) < 4.78 is 26.7. The van der Waals surface area contributed by atoms with E-state index in [1.54, 1.807) is 36.7 Å². The zero-order valence-corrected chi connectivity index (χ0v) is 18.8. The van der Waals surface area contributed by atoms with Crippen molar-refractivity contribution in [1.82, 2.24) is 20.5 Å². The normalized spacial score (nSPS) is 15.4. The Labute approximate surface area is 184 Å². The molecule has 1 saturated carbocycles. The van der Waals surface area contributed by atoms with Gasteiger partial charge in [0.2, 0.25) is 0 Å². The van der Waals surface area contributed by atoms with Crippen molar-refractivity contribution in [2.24, 2.45) is 5.92 Å². The molecule has 0 radical (unpaired) electrons. The van der Waals surface area contributed by atoms with Gasteiger partial charge in [0, 0.05) is 30.3 Å². The summed E-state index contributed by atoms with van der Waals surface area (Å²) in [4.78, 5) is 17.3. The van der Waals surface area contributed by atoms with Gasteiger partial charge >= 0.3 is 5.82 Å². The molecule has 0 saturated heterocycles. The van der Waals surface area contributed by atoms with Gasteiger partial charge in [-0.15, -0.1) is 16.0 Å². The summed E-state index contributed by atoms with van der Waals surface area (Å²) >= 11 is 1.33. The lowest BCUT2D eigenvalue weighted by Crippen LogP contribution is -2.37. The van der Waals surface area contributed by atoms with Crippen LogP contribution in [-0.2, 0) is 14.6 Å². The van der Waals surface area contributed by atoms with Crippen molar-refractivity contribution >= 4 is 37.8 Å². The summed E-state index contributed by atoms with van der Waals surface area (Å²) in [5.41, 5.74) is 1.38. The number of thiazole rings is 1. The van der Waals surface area contributed by atoms with Gasteiger partial charge in [-0.25, -0.2) is 13.4 Å². The Bertz CT molecular complexity index is 1230. The number of benzene rings is 1. The van der Waals surface area contributed by atoms with Gasteiger partial charge in [0.05, 0.1) is 0 Å². The molecule has 11 heteroatoms. The van der Waals surface area contributed by atoms with Crippen LogP contribution >= 0.6 is 11.3 Å². The van der Waals surface area contributed by atoms with E-state index in [0.717, 1.165) is 31.9 Å². The van der Waals surface area contributed by atoms with E-state index in [1.807, 2.05) is 6.08 Å². The van der Waals surface area contributed by atoms with E-state index in [1.165, 1.54) is 16.0 Å². The Balaban J connectivity index is 1.80. The summed E-state index contributed by atoms with van der Waals surface area (Å²) in [5, 5.41) is 15.4. The summed E-state index contributed by atoms with van der Waals surface area (Å²) in [6, 6.07) is 4.96. The number of nitrogens with one attached hydrogen (secondary N) is 2. The number of hydrogen-bond donors (Lipinski definition) is 2. The molecular formula is C20H23N6O3S2+. The van der Waals surface area contributed by atoms with Crippen LogP contribution < -0.4 is 10.00 Å². The monoisotopic (exact) mass is 459 g/mol. The maximum Gasteiger partial charge on any atom is 0.302 e. The molecule has 0 aliphatic heterocycles. The largest absolute Gasteiger partial charge is 0.302 e. The highest BCUT2D eigenvalue weighted by atomic mass is 32.2. The van der Waals surface area contributed by atoms with Crippen LogP contribution in [0, 0.1) is 12.8 Å². The molecule has 0 atom stereocenters. The summed E-state index contributed by atoms with van der Waals surface area (Å²) in [7, 11) is -3.60. The number of aromatic nitrogens is 5. The molecule has 0 spiro atoms. The molecule has 2 heterocycles. The maximum absolute atomic E-state index is 13.1. The lowest BCUT2D eigenvalue weighted by Gasteiger charge is -2.13. The Kier molecular flexibility index (Phi) is 5.96. The lowest BCUT2D eigenvalue weighted by molar-refractivity contribution is -0.668. The van der Waals surface area contributed by atoms with Crippen LogP contribution in [0.1, 0.15) is 37.1 Å². The highest BCUT2D eigenvalue weighted by Crippen LogP contribution is 2.31. The molecule has 2 aromatic heterocycles. The van der Waals surface area contributed by atoms with Crippen molar-refractivity contribution in [2.45, 2.75) is 37.5 Å². The Morgan fingerprint density at radius 2 is 2.10 bits per heavy atom. The highest BCUT2D eigenvalue weighted by molar-refractivity contribution is 7.90. The number of rotatable bonds is 6. The first-order chi connectivity index (χ1) is 14.8. The van der Waals surface area contributed by atoms with E-state index in [2.05, 4.69) is 25.8 Å². The fourth-order valence-electron chi connectivity index (χ4n) is 3.76. The number of carbonyl (C=O) groups is 1. The first kappa shape index (κ1) is 21.3. The molecule has 1 aliphatic carbocycles. The zero-order chi connectivity index (χ0) is 22.0. The molecule has 1 aliphatic rings. The number of hydrogen-bond acceptors (Lipinski definition) is 7. The van der Waals surface area contributed by atoms with Gasteiger partial charge in [0.25, 0.3) is 5.91 Å².